The lowest BCUT2D eigenvalue weighted by Crippen LogP contribution is -2.20. The van der Waals surface area contributed by atoms with Gasteiger partial charge in [0.1, 0.15) is 5.78 Å². The first-order valence-electron chi connectivity index (χ1n) is 9.08. The van der Waals surface area contributed by atoms with Crippen molar-refractivity contribution in [3.05, 3.63) is 23.3 Å². The third-order valence-electron chi connectivity index (χ3n) is 5.51. The molecule has 2 aliphatic carbocycles. The number of allylic oxidation sites excluding steroid dienone is 2. The molecule has 130 valence electrons. The average Bonchev–Trinajstić information content (AvgIpc) is 2.95. The highest BCUT2D eigenvalue weighted by molar-refractivity contribution is 5.81. The highest BCUT2D eigenvalue weighted by Crippen LogP contribution is 2.47. The van der Waals surface area contributed by atoms with Crippen LogP contribution in [0.3, 0.4) is 0 Å². The summed E-state index contributed by atoms with van der Waals surface area (Å²) < 4.78 is 0. The van der Waals surface area contributed by atoms with E-state index in [4.69, 9.17) is 0 Å². The third kappa shape index (κ3) is 5.02. The van der Waals surface area contributed by atoms with Gasteiger partial charge in [-0.1, -0.05) is 24.1 Å². The molecule has 0 aliphatic heterocycles. The molecule has 5 atom stereocenters. The van der Waals surface area contributed by atoms with E-state index in [1.165, 1.54) is 5.57 Å². The highest BCUT2D eigenvalue weighted by atomic mass is 16.3. The van der Waals surface area contributed by atoms with Crippen LogP contribution in [0.1, 0.15) is 65.7 Å². The van der Waals surface area contributed by atoms with E-state index < -0.39 is 6.10 Å². The summed E-state index contributed by atoms with van der Waals surface area (Å²) in [4.78, 5) is 11.6. The molecule has 2 aliphatic rings. The fourth-order valence-corrected chi connectivity index (χ4v) is 4.17. The fourth-order valence-electron chi connectivity index (χ4n) is 4.17. The van der Waals surface area contributed by atoms with E-state index >= 15 is 0 Å². The number of hydrogen-bond acceptors (Lipinski definition) is 3. The second-order valence-corrected chi connectivity index (χ2v) is 7.74. The maximum atomic E-state index is 11.6. The molecule has 0 aromatic rings. The monoisotopic (exact) mass is 320 g/mol. The van der Waals surface area contributed by atoms with Gasteiger partial charge in [-0.25, -0.2) is 0 Å². The SMILES string of the molecule is CC(C)=CCCCCC(O)C(C)=CC1C(O)CC2CC(=O)CC21. The largest absolute Gasteiger partial charge is 0.392 e. The molecular formula is C20H32O3. The zero-order valence-electron chi connectivity index (χ0n) is 14.8. The van der Waals surface area contributed by atoms with Gasteiger partial charge < -0.3 is 10.2 Å². The van der Waals surface area contributed by atoms with Crippen LogP contribution in [0.2, 0.25) is 0 Å². The number of ketones is 1. The third-order valence-corrected chi connectivity index (χ3v) is 5.51. The van der Waals surface area contributed by atoms with Crippen molar-refractivity contribution in [2.75, 3.05) is 0 Å². The predicted octanol–water partition coefficient (Wildman–Crippen LogP) is 3.80. The molecular weight excluding hydrogens is 288 g/mol. The molecule has 0 saturated heterocycles. The summed E-state index contributed by atoms with van der Waals surface area (Å²) in [6, 6.07) is 0. The van der Waals surface area contributed by atoms with Crippen LogP contribution in [0, 0.1) is 17.8 Å². The van der Waals surface area contributed by atoms with Gasteiger partial charge in [0.2, 0.25) is 0 Å². The van der Waals surface area contributed by atoms with E-state index in [-0.39, 0.29) is 17.9 Å². The molecule has 2 fully saturated rings. The Hall–Kier alpha value is -0.930. The van der Waals surface area contributed by atoms with Crippen LogP contribution < -0.4 is 0 Å². The van der Waals surface area contributed by atoms with Crippen molar-refractivity contribution < 1.29 is 15.0 Å². The minimum Gasteiger partial charge on any atom is -0.392 e. The zero-order chi connectivity index (χ0) is 17.0. The van der Waals surface area contributed by atoms with Crippen LogP contribution in [0.5, 0.6) is 0 Å². The Kier molecular flexibility index (Phi) is 6.60. The summed E-state index contributed by atoms with van der Waals surface area (Å²) in [6.07, 6.45) is 9.45. The minimum absolute atomic E-state index is 0.0479. The van der Waals surface area contributed by atoms with Crippen molar-refractivity contribution in [1.29, 1.82) is 0 Å². The Morgan fingerprint density at radius 3 is 2.70 bits per heavy atom. The predicted molar refractivity (Wildman–Crippen MR) is 93.0 cm³/mol. The number of carbonyl (C=O) groups excluding carboxylic acids is 1. The molecule has 3 heteroatoms. The molecule has 0 aromatic carbocycles. The summed E-state index contributed by atoms with van der Waals surface area (Å²) >= 11 is 0. The van der Waals surface area contributed by atoms with Gasteiger partial charge in [0, 0.05) is 18.8 Å². The molecule has 2 rings (SSSR count). The topological polar surface area (TPSA) is 57.5 Å². The van der Waals surface area contributed by atoms with E-state index in [0.29, 0.717) is 24.5 Å². The second kappa shape index (κ2) is 8.25. The van der Waals surface area contributed by atoms with E-state index in [9.17, 15) is 15.0 Å². The van der Waals surface area contributed by atoms with Crippen molar-refractivity contribution in [2.45, 2.75) is 77.9 Å². The van der Waals surface area contributed by atoms with Crippen LogP contribution in [-0.4, -0.2) is 28.2 Å². The van der Waals surface area contributed by atoms with Gasteiger partial charge in [0.05, 0.1) is 12.2 Å². The fraction of sp³-hybridized carbons (Fsp3) is 0.750. The number of rotatable bonds is 7. The first-order chi connectivity index (χ1) is 10.9. The van der Waals surface area contributed by atoms with Crippen LogP contribution >= 0.6 is 0 Å². The van der Waals surface area contributed by atoms with E-state index in [1.54, 1.807) is 0 Å². The Labute approximate surface area is 140 Å². The molecule has 0 spiro atoms. The van der Waals surface area contributed by atoms with Gasteiger partial charge in [0.15, 0.2) is 0 Å². The van der Waals surface area contributed by atoms with Crippen LogP contribution in [-0.2, 0) is 4.79 Å². The smallest absolute Gasteiger partial charge is 0.133 e. The minimum atomic E-state index is -0.426. The van der Waals surface area contributed by atoms with E-state index in [1.807, 2.05) is 6.92 Å². The number of carbonyl (C=O) groups is 1. The maximum Gasteiger partial charge on any atom is 0.133 e. The summed E-state index contributed by atoms with van der Waals surface area (Å²) in [5.74, 6) is 1.03. The average molecular weight is 320 g/mol. The highest BCUT2D eigenvalue weighted by Gasteiger charge is 2.46. The van der Waals surface area contributed by atoms with Crippen LogP contribution in [0.25, 0.3) is 0 Å². The number of unbranched alkanes of at least 4 members (excludes halogenated alkanes) is 2. The molecule has 0 heterocycles. The summed E-state index contributed by atoms with van der Waals surface area (Å²) in [6.45, 7) is 6.17. The quantitative estimate of drug-likeness (QED) is 0.554. The van der Waals surface area contributed by atoms with E-state index in [0.717, 1.165) is 37.7 Å². The Bertz CT molecular complexity index is 473. The lowest BCUT2D eigenvalue weighted by Gasteiger charge is -2.20. The zero-order valence-corrected chi connectivity index (χ0v) is 14.8. The molecule has 3 nitrogen and oxygen atoms in total. The van der Waals surface area contributed by atoms with Gasteiger partial charge in [-0.3, -0.25) is 4.79 Å². The second-order valence-electron chi connectivity index (χ2n) is 7.74. The number of fused-ring (bicyclic) bond motifs is 1. The van der Waals surface area contributed by atoms with E-state index in [2.05, 4.69) is 26.0 Å². The first-order valence-corrected chi connectivity index (χ1v) is 9.08. The Balaban J connectivity index is 1.83. The first kappa shape index (κ1) is 18.4. The van der Waals surface area contributed by atoms with Crippen LogP contribution in [0.4, 0.5) is 0 Å². The van der Waals surface area contributed by atoms with Gasteiger partial charge >= 0.3 is 0 Å². The number of hydrogen-bond donors (Lipinski definition) is 2. The molecule has 23 heavy (non-hydrogen) atoms. The van der Waals surface area contributed by atoms with Gasteiger partial charge in [-0.2, -0.15) is 0 Å². The Morgan fingerprint density at radius 2 is 2.00 bits per heavy atom. The number of Topliss-reactive ketones (excluding diaryl/α,β-unsaturated/α-hetero) is 1. The standard InChI is InChI=1S/C20H32O3/c1-13(2)7-5-4-6-8-19(22)14(3)9-18-17-12-16(21)10-15(17)11-20(18)23/h7,9,15,17-20,22-23H,4-6,8,10-12H2,1-3H3. The molecule has 2 N–H and O–H groups in total. The van der Waals surface area contributed by atoms with Gasteiger partial charge in [0.25, 0.3) is 0 Å². The van der Waals surface area contributed by atoms with Gasteiger partial charge in [-0.05, 0) is 63.9 Å². The molecule has 0 radical (unpaired) electrons. The van der Waals surface area contributed by atoms with Crippen molar-refractivity contribution >= 4 is 5.78 Å². The molecule has 5 unspecified atom stereocenters. The number of aliphatic hydroxyl groups is 2. The van der Waals surface area contributed by atoms with Crippen molar-refractivity contribution in [1.82, 2.24) is 0 Å². The normalized spacial score (nSPS) is 32.0. The molecule has 0 bridgehead atoms. The molecule has 2 saturated carbocycles. The van der Waals surface area contributed by atoms with Crippen molar-refractivity contribution in [3.8, 4) is 0 Å². The summed E-state index contributed by atoms with van der Waals surface area (Å²) in [5.41, 5.74) is 2.30. The van der Waals surface area contributed by atoms with Gasteiger partial charge in [-0.15, -0.1) is 0 Å². The lowest BCUT2D eigenvalue weighted by molar-refractivity contribution is -0.118. The Morgan fingerprint density at radius 1 is 1.26 bits per heavy atom. The van der Waals surface area contributed by atoms with Crippen LogP contribution in [0.15, 0.2) is 23.3 Å². The summed E-state index contributed by atoms with van der Waals surface area (Å²) in [5, 5.41) is 20.6. The van der Waals surface area contributed by atoms with Crippen molar-refractivity contribution in [2.24, 2.45) is 17.8 Å². The molecule has 0 aromatic heterocycles. The molecule has 0 amide bonds. The lowest BCUT2D eigenvalue weighted by atomic mass is 9.88. The number of aliphatic hydroxyl groups excluding tert-OH is 2. The maximum absolute atomic E-state index is 11.6. The summed E-state index contributed by atoms with van der Waals surface area (Å²) in [7, 11) is 0. The van der Waals surface area contributed by atoms with Crippen molar-refractivity contribution in [3.63, 3.8) is 0 Å².